The lowest BCUT2D eigenvalue weighted by atomic mass is 9.96. The van der Waals surface area contributed by atoms with E-state index in [-0.39, 0.29) is 17.4 Å². The first-order valence-corrected chi connectivity index (χ1v) is 9.25. The molecular formula is C23H23N3O2. The van der Waals surface area contributed by atoms with Gasteiger partial charge in [0.25, 0.3) is 5.56 Å². The van der Waals surface area contributed by atoms with Gasteiger partial charge in [-0.3, -0.25) is 14.2 Å². The lowest BCUT2D eigenvalue weighted by Gasteiger charge is -2.20. The third-order valence-electron chi connectivity index (χ3n) is 4.83. The first-order valence-electron chi connectivity index (χ1n) is 9.25. The van der Waals surface area contributed by atoms with E-state index in [1.165, 1.54) is 11.8 Å². The summed E-state index contributed by atoms with van der Waals surface area (Å²) < 4.78 is 1.57. The Morgan fingerprint density at radius 3 is 2.39 bits per heavy atom. The molecule has 0 aliphatic rings. The predicted octanol–water partition coefficient (Wildman–Crippen LogP) is 4.18. The molecule has 0 fully saturated rings. The van der Waals surface area contributed by atoms with Gasteiger partial charge in [0.2, 0.25) is 5.91 Å². The Morgan fingerprint density at radius 1 is 1.14 bits per heavy atom. The quantitative estimate of drug-likeness (QED) is 0.689. The topological polar surface area (TPSA) is 66.1 Å². The Bertz CT molecular complexity index is 1140. The third-order valence-corrected chi connectivity index (χ3v) is 4.83. The largest absolute Gasteiger partial charge is 0.316 e. The number of nitriles is 1. The van der Waals surface area contributed by atoms with Crippen molar-refractivity contribution >= 4 is 22.4 Å². The molecule has 0 saturated carbocycles. The summed E-state index contributed by atoms with van der Waals surface area (Å²) in [5.41, 5.74) is 2.43. The second-order valence-electron chi connectivity index (χ2n) is 7.32. The van der Waals surface area contributed by atoms with Gasteiger partial charge >= 0.3 is 0 Å². The summed E-state index contributed by atoms with van der Waals surface area (Å²) in [6, 6.07) is 17.2. The lowest BCUT2D eigenvalue weighted by molar-refractivity contribution is -0.116. The zero-order chi connectivity index (χ0) is 20.4. The highest BCUT2D eigenvalue weighted by atomic mass is 16.2. The summed E-state index contributed by atoms with van der Waals surface area (Å²) in [5, 5.41) is 11.2. The van der Waals surface area contributed by atoms with Crippen molar-refractivity contribution in [1.29, 1.82) is 5.26 Å². The van der Waals surface area contributed by atoms with Crippen molar-refractivity contribution in [2.24, 2.45) is 5.92 Å². The maximum atomic E-state index is 13.2. The van der Waals surface area contributed by atoms with Crippen molar-refractivity contribution in [2.45, 2.75) is 27.3 Å². The highest BCUT2D eigenvalue weighted by Gasteiger charge is 2.20. The number of hydrogen-bond donors (Lipinski definition) is 0. The Morgan fingerprint density at radius 2 is 1.82 bits per heavy atom. The number of benzene rings is 2. The molecule has 0 atom stereocenters. The highest BCUT2D eigenvalue weighted by molar-refractivity contribution is 6.02. The van der Waals surface area contributed by atoms with Crippen molar-refractivity contribution < 1.29 is 4.79 Å². The van der Waals surface area contributed by atoms with Crippen LogP contribution in [0.25, 0.3) is 21.9 Å². The molecule has 0 bridgehead atoms. The molecular weight excluding hydrogens is 350 g/mol. The number of amides is 1. The van der Waals surface area contributed by atoms with E-state index >= 15 is 0 Å². The average Bonchev–Trinajstić information content (AvgIpc) is 2.69. The molecule has 1 heterocycles. The van der Waals surface area contributed by atoms with Gasteiger partial charge in [0.1, 0.15) is 11.8 Å². The molecule has 142 valence electrons. The minimum Gasteiger partial charge on any atom is -0.316 e. The Hall–Kier alpha value is -3.39. The van der Waals surface area contributed by atoms with Crippen LogP contribution in [0.15, 0.2) is 53.3 Å². The third kappa shape index (κ3) is 3.41. The van der Waals surface area contributed by atoms with Gasteiger partial charge in [-0.15, -0.1) is 0 Å². The first kappa shape index (κ1) is 19.4. The van der Waals surface area contributed by atoms with Crippen molar-refractivity contribution in [3.63, 3.8) is 0 Å². The SMILES string of the molecule is CC(=O)N(C)c1ccc2c(=O)n(CC(C)C)c(C#N)c(-c3ccccc3)c2c1. The highest BCUT2D eigenvalue weighted by Crippen LogP contribution is 2.33. The summed E-state index contributed by atoms with van der Waals surface area (Å²) in [6.07, 6.45) is 0. The number of carbonyl (C=O) groups is 1. The number of anilines is 1. The predicted molar refractivity (Wildman–Crippen MR) is 112 cm³/mol. The monoisotopic (exact) mass is 373 g/mol. The van der Waals surface area contributed by atoms with Crippen LogP contribution in [0.1, 0.15) is 26.5 Å². The fourth-order valence-corrected chi connectivity index (χ4v) is 3.38. The minimum absolute atomic E-state index is 0.103. The lowest BCUT2D eigenvalue weighted by Crippen LogP contribution is -2.26. The molecule has 3 aromatic rings. The number of pyridine rings is 1. The maximum absolute atomic E-state index is 13.2. The van der Waals surface area contributed by atoms with Gasteiger partial charge in [0.15, 0.2) is 0 Å². The fourth-order valence-electron chi connectivity index (χ4n) is 3.38. The molecule has 0 saturated heterocycles. The molecule has 0 aliphatic heterocycles. The number of carbonyl (C=O) groups excluding carboxylic acids is 1. The van der Waals surface area contributed by atoms with E-state index in [4.69, 9.17) is 0 Å². The van der Waals surface area contributed by atoms with E-state index in [9.17, 15) is 14.9 Å². The number of nitrogens with zero attached hydrogens (tertiary/aromatic N) is 3. The molecule has 5 nitrogen and oxygen atoms in total. The Labute approximate surface area is 164 Å². The summed E-state index contributed by atoms with van der Waals surface area (Å²) in [4.78, 5) is 26.5. The smallest absolute Gasteiger partial charge is 0.259 e. The zero-order valence-corrected chi connectivity index (χ0v) is 16.6. The summed E-state index contributed by atoms with van der Waals surface area (Å²) in [5.74, 6) is 0.114. The van der Waals surface area contributed by atoms with Crippen LogP contribution in [0.3, 0.4) is 0 Å². The molecule has 2 aromatic carbocycles. The molecule has 0 radical (unpaired) electrons. The molecule has 1 aromatic heterocycles. The van der Waals surface area contributed by atoms with E-state index in [1.54, 1.807) is 23.7 Å². The van der Waals surface area contributed by atoms with E-state index in [0.717, 1.165) is 11.1 Å². The van der Waals surface area contributed by atoms with Crippen LogP contribution < -0.4 is 10.5 Å². The second kappa shape index (κ2) is 7.69. The average molecular weight is 373 g/mol. The zero-order valence-electron chi connectivity index (χ0n) is 16.6. The molecule has 0 spiro atoms. The van der Waals surface area contributed by atoms with Crippen LogP contribution in [-0.2, 0) is 11.3 Å². The first-order chi connectivity index (χ1) is 13.3. The van der Waals surface area contributed by atoms with Crippen LogP contribution in [0.4, 0.5) is 5.69 Å². The normalized spacial score (nSPS) is 10.9. The van der Waals surface area contributed by atoms with Crippen LogP contribution >= 0.6 is 0 Å². The van der Waals surface area contributed by atoms with Gasteiger partial charge in [-0.1, -0.05) is 44.2 Å². The van der Waals surface area contributed by atoms with E-state index in [2.05, 4.69) is 6.07 Å². The molecule has 0 unspecified atom stereocenters. The maximum Gasteiger partial charge on any atom is 0.259 e. The number of rotatable bonds is 4. The van der Waals surface area contributed by atoms with Crippen molar-refractivity contribution in [3.05, 3.63) is 64.6 Å². The van der Waals surface area contributed by atoms with Crippen LogP contribution in [0.5, 0.6) is 0 Å². The van der Waals surface area contributed by atoms with E-state index < -0.39 is 0 Å². The fraction of sp³-hybridized carbons (Fsp3) is 0.261. The summed E-state index contributed by atoms with van der Waals surface area (Å²) in [7, 11) is 1.69. The van der Waals surface area contributed by atoms with Crippen molar-refractivity contribution in [3.8, 4) is 17.2 Å². The van der Waals surface area contributed by atoms with Crippen LogP contribution in [0.2, 0.25) is 0 Å². The summed E-state index contributed by atoms with van der Waals surface area (Å²) in [6.45, 7) is 5.99. The van der Waals surface area contributed by atoms with E-state index in [1.807, 2.05) is 50.2 Å². The van der Waals surface area contributed by atoms with Gasteiger partial charge in [-0.05, 0) is 35.1 Å². The standard InChI is InChI=1S/C23H23N3O2/c1-15(2)14-26-21(13-24)22(17-8-6-5-7-9-17)20-12-18(25(4)16(3)27)10-11-19(20)23(26)28/h5-12,15H,14H2,1-4H3. The number of fused-ring (bicyclic) bond motifs is 1. The van der Waals surface area contributed by atoms with Gasteiger partial charge < -0.3 is 4.90 Å². The van der Waals surface area contributed by atoms with Crippen LogP contribution in [0, 0.1) is 17.2 Å². The Kier molecular flexibility index (Phi) is 5.32. The number of aromatic nitrogens is 1. The number of hydrogen-bond acceptors (Lipinski definition) is 3. The second-order valence-corrected chi connectivity index (χ2v) is 7.32. The molecule has 5 heteroatoms. The molecule has 0 aliphatic carbocycles. The summed E-state index contributed by atoms with van der Waals surface area (Å²) >= 11 is 0. The van der Waals surface area contributed by atoms with Gasteiger partial charge in [0.05, 0.1) is 0 Å². The van der Waals surface area contributed by atoms with Gasteiger partial charge in [-0.2, -0.15) is 5.26 Å². The van der Waals surface area contributed by atoms with Crippen LogP contribution in [-0.4, -0.2) is 17.5 Å². The Balaban J connectivity index is 2.47. The van der Waals surface area contributed by atoms with Gasteiger partial charge in [0, 0.05) is 37.2 Å². The molecule has 0 N–H and O–H groups in total. The molecule has 1 amide bonds. The molecule has 3 rings (SSSR count). The van der Waals surface area contributed by atoms with Gasteiger partial charge in [-0.25, -0.2) is 0 Å². The van der Waals surface area contributed by atoms with E-state index in [0.29, 0.717) is 28.7 Å². The van der Waals surface area contributed by atoms with Crippen molar-refractivity contribution in [1.82, 2.24) is 4.57 Å². The van der Waals surface area contributed by atoms with Crippen molar-refractivity contribution in [2.75, 3.05) is 11.9 Å². The minimum atomic E-state index is -0.183. The molecule has 28 heavy (non-hydrogen) atoms.